The zero-order chi connectivity index (χ0) is 15.0. The van der Waals surface area contributed by atoms with Crippen molar-refractivity contribution in [1.29, 1.82) is 0 Å². The first-order valence-electron chi connectivity index (χ1n) is 8.18. The topological polar surface area (TPSA) is 49.4 Å². The van der Waals surface area contributed by atoms with Gasteiger partial charge in [-0.1, -0.05) is 27.2 Å². The van der Waals surface area contributed by atoms with Gasteiger partial charge in [0.2, 0.25) is 0 Å². The summed E-state index contributed by atoms with van der Waals surface area (Å²) < 4.78 is 23.0. The molecule has 0 bridgehead atoms. The summed E-state index contributed by atoms with van der Waals surface area (Å²) in [6.07, 6.45) is 4.36. The fraction of sp³-hybridized carbons (Fsp3) is 1.00. The van der Waals surface area contributed by atoms with E-state index in [2.05, 4.69) is 24.1 Å². The molecule has 20 heavy (non-hydrogen) atoms. The summed E-state index contributed by atoms with van der Waals surface area (Å²) in [5, 5.41) is 3.66. The third kappa shape index (κ3) is 6.10. The summed E-state index contributed by atoms with van der Waals surface area (Å²) in [7, 11) is -2.80. The zero-order valence-electron chi connectivity index (χ0n) is 13.4. The van der Waals surface area contributed by atoms with Crippen LogP contribution < -0.4 is 5.32 Å². The number of rotatable bonds is 9. The van der Waals surface area contributed by atoms with Crippen molar-refractivity contribution in [3.8, 4) is 0 Å². The van der Waals surface area contributed by atoms with E-state index in [1.54, 1.807) is 6.92 Å². The van der Waals surface area contributed by atoms with Crippen LogP contribution in [0, 0.1) is 5.92 Å². The van der Waals surface area contributed by atoms with Crippen LogP contribution in [-0.4, -0.2) is 57.0 Å². The molecule has 1 aliphatic heterocycles. The minimum absolute atomic E-state index is 0.271. The van der Waals surface area contributed by atoms with Gasteiger partial charge in [0.05, 0.1) is 5.75 Å². The number of hydrogen-bond donors (Lipinski definition) is 1. The van der Waals surface area contributed by atoms with E-state index in [0.717, 1.165) is 32.6 Å². The summed E-state index contributed by atoms with van der Waals surface area (Å²) in [4.78, 5) is 2.45. The Kier molecular flexibility index (Phi) is 8.07. The van der Waals surface area contributed by atoms with Crippen molar-refractivity contribution in [2.45, 2.75) is 52.5 Å². The lowest BCUT2D eigenvalue weighted by Gasteiger charge is -2.38. The van der Waals surface area contributed by atoms with Gasteiger partial charge in [-0.2, -0.15) is 0 Å². The van der Waals surface area contributed by atoms with Crippen LogP contribution in [0.4, 0.5) is 0 Å². The molecule has 2 unspecified atom stereocenters. The molecule has 0 aliphatic carbocycles. The molecule has 1 heterocycles. The van der Waals surface area contributed by atoms with Crippen molar-refractivity contribution in [2.75, 3.05) is 37.7 Å². The highest BCUT2D eigenvalue weighted by Gasteiger charge is 2.27. The second kappa shape index (κ2) is 9.00. The number of nitrogens with one attached hydrogen (secondary N) is 1. The Morgan fingerprint density at radius 1 is 1.25 bits per heavy atom. The molecule has 1 aliphatic rings. The Labute approximate surface area is 125 Å². The number of piperidine rings is 1. The molecule has 4 nitrogen and oxygen atoms in total. The average molecular weight is 305 g/mol. The number of likely N-dealkylation sites (tertiary alicyclic amines) is 1. The maximum Gasteiger partial charge on any atom is 0.150 e. The van der Waals surface area contributed by atoms with E-state index in [1.165, 1.54) is 19.3 Å². The van der Waals surface area contributed by atoms with E-state index >= 15 is 0 Å². The lowest BCUT2D eigenvalue weighted by molar-refractivity contribution is 0.135. The van der Waals surface area contributed by atoms with Gasteiger partial charge in [0.25, 0.3) is 0 Å². The summed E-state index contributed by atoms with van der Waals surface area (Å²) in [6, 6.07) is 0.649. The molecular formula is C15H32N2O2S. The Balaban J connectivity index is 2.33. The van der Waals surface area contributed by atoms with Crippen LogP contribution >= 0.6 is 0 Å². The first-order chi connectivity index (χ1) is 9.52. The van der Waals surface area contributed by atoms with Crippen LogP contribution in [0.5, 0.6) is 0 Å². The Hall–Kier alpha value is -0.130. The molecule has 0 saturated carbocycles. The molecule has 1 saturated heterocycles. The maximum absolute atomic E-state index is 11.5. The molecule has 0 aromatic carbocycles. The Bertz CT molecular complexity index is 357. The molecule has 0 aromatic heterocycles. The highest BCUT2D eigenvalue weighted by molar-refractivity contribution is 7.91. The first kappa shape index (κ1) is 17.9. The molecule has 0 aromatic rings. The van der Waals surface area contributed by atoms with Gasteiger partial charge in [0.1, 0.15) is 9.84 Å². The smallest absolute Gasteiger partial charge is 0.150 e. The van der Waals surface area contributed by atoms with E-state index in [-0.39, 0.29) is 5.75 Å². The summed E-state index contributed by atoms with van der Waals surface area (Å²) >= 11 is 0. The molecule has 1 fully saturated rings. The molecule has 0 radical (unpaired) electrons. The van der Waals surface area contributed by atoms with Crippen LogP contribution in [0.3, 0.4) is 0 Å². The van der Waals surface area contributed by atoms with Gasteiger partial charge in [-0.25, -0.2) is 8.42 Å². The van der Waals surface area contributed by atoms with Crippen molar-refractivity contribution in [3.63, 3.8) is 0 Å². The summed E-state index contributed by atoms with van der Waals surface area (Å²) in [5.74, 6) is 1.32. The van der Waals surface area contributed by atoms with Crippen molar-refractivity contribution in [2.24, 2.45) is 5.92 Å². The second-order valence-electron chi connectivity index (χ2n) is 5.91. The van der Waals surface area contributed by atoms with Crippen molar-refractivity contribution >= 4 is 9.84 Å². The normalized spacial score (nSPS) is 24.9. The van der Waals surface area contributed by atoms with Crippen molar-refractivity contribution in [3.05, 3.63) is 0 Å². The van der Waals surface area contributed by atoms with Crippen molar-refractivity contribution in [1.82, 2.24) is 10.2 Å². The molecule has 0 amide bonds. The number of nitrogens with zero attached hydrogens (tertiary/aromatic N) is 1. The largest absolute Gasteiger partial charge is 0.314 e. The third-order valence-electron chi connectivity index (χ3n) is 4.37. The van der Waals surface area contributed by atoms with Gasteiger partial charge in [-0.05, 0) is 44.8 Å². The van der Waals surface area contributed by atoms with E-state index in [4.69, 9.17) is 0 Å². The lowest BCUT2D eigenvalue weighted by Crippen LogP contribution is -2.49. The van der Waals surface area contributed by atoms with Gasteiger partial charge in [0.15, 0.2) is 0 Å². The van der Waals surface area contributed by atoms with Crippen LogP contribution in [0.2, 0.25) is 0 Å². The lowest BCUT2D eigenvalue weighted by atomic mass is 9.89. The molecule has 120 valence electrons. The van der Waals surface area contributed by atoms with E-state index in [0.29, 0.717) is 17.7 Å². The average Bonchev–Trinajstić information content (AvgIpc) is 2.45. The van der Waals surface area contributed by atoms with Crippen LogP contribution in [0.25, 0.3) is 0 Å². The van der Waals surface area contributed by atoms with E-state index < -0.39 is 9.84 Å². The standard InChI is InChI=1S/C15H32N2O2S/c1-4-9-16-15-8-11-17(13-14(15)5-2)10-7-12-20(18,19)6-3/h14-16H,4-13H2,1-3H3. The molecule has 5 heteroatoms. The fourth-order valence-corrected chi connectivity index (χ4v) is 3.83. The molecule has 0 spiro atoms. The SMILES string of the molecule is CCCNC1CCN(CCCS(=O)(=O)CC)CC1CC. The second-order valence-corrected chi connectivity index (χ2v) is 8.38. The molecular weight excluding hydrogens is 272 g/mol. The third-order valence-corrected chi connectivity index (χ3v) is 6.16. The maximum atomic E-state index is 11.5. The zero-order valence-corrected chi connectivity index (χ0v) is 14.2. The number of hydrogen-bond acceptors (Lipinski definition) is 4. The van der Waals surface area contributed by atoms with Crippen LogP contribution in [0.1, 0.15) is 46.5 Å². The Morgan fingerprint density at radius 2 is 2.00 bits per heavy atom. The Morgan fingerprint density at radius 3 is 2.60 bits per heavy atom. The molecule has 2 atom stereocenters. The van der Waals surface area contributed by atoms with Gasteiger partial charge in [-0.3, -0.25) is 0 Å². The number of sulfone groups is 1. The molecule has 1 rings (SSSR count). The van der Waals surface area contributed by atoms with Crippen LogP contribution in [0.15, 0.2) is 0 Å². The predicted molar refractivity (Wildman–Crippen MR) is 85.9 cm³/mol. The summed E-state index contributed by atoms with van der Waals surface area (Å²) in [5.41, 5.74) is 0. The van der Waals surface area contributed by atoms with Gasteiger partial charge in [-0.15, -0.1) is 0 Å². The van der Waals surface area contributed by atoms with Gasteiger partial charge >= 0.3 is 0 Å². The van der Waals surface area contributed by atoms with Crippen LogP contribution in [-0.2, 0) is 9.84 Å². The molecule has 1 N–H and O–H groups in total. The minimum atomic E-state index is -2.80. The van der Waals surface area contributed by atoms with Gasteiger partial charge < -0.3 is 10.2 Å². The van der Waals surface area contributed by atoms with E-state index in [9.17, 15) is 8.42 Å². The summed E-state index contributed by atoms with van der Waals surface area (Å²) in [6.45, 7) is 10.4. The minimum Gasteiger partial charge on any atom is -0.314 e. The monoisotopic (exact) mass is 304 g/mol. The fourth-order valence-electron chi connectivity index (χ4n) is 2.98. The van der Waals surface area contributed by atoms with Crippen molar-refractivity contribution < 1.29 is 8.42 Å². The highest BCUT2D eigenvalue weighted by Crippen LogP contribution is 2.20. The predicted octanol–water partition coefficient (Wildman–Crippen LogP) is 1.91. The first-order valence-corrected chi connectivity index (χ1v) is 10.0. The highest BCUT2D eigenvalue weighted by atomic mass is 32.2. The van der Waals surface area contributed by atoms with Gasteiger partial charge in [0, 0.05) is 18.3 Å². The quantitative estimate of drug-likeness (QED) is 0.707. The van der Waals surface area contributed by atoms with E-state index in [1.807, 2.05) is 0 Å².